The van der Waals surface area contributed by atoms with E-state index in [1.807, 2.05) is 4.90 Å². The molecule has 9 heteroatoms. The summed E-state index contributed by atoms with van der Waals surface area (Å²) >= 11 is 0. The number of rotatable bonds is 3. The summed E-state index contributed by atoms with van der Waals surface area (Å²) < 4.78 is 44.0. The van der Waals surface area contributed by atoms with Crippen molar-refractivity contribution in [3.63, 3.8) is 0 Å². The van der Waals surface area contributed by atoms with Gasteiger partial charge in [0.15, 0.2) is 11.7 Å². The van der Waals surface area contributed by atoms with Crippen molar-refractivity contribution < 1.29 is 22.4 Å². The van der Waals surface area contributed by atoms with E-state index in [1.54, 1.807) is 37.3 Å². The molecule has 38 heavy (non-hydrogen) atoms. The van der Waals surface area contributed by atoms with Crippen LogP contribution in [0.15, 0.2) is 51.8 Å². The van der Waals surface area contributed by atoms with Crippen LogP contribution < -0.4 is 5.32 Å². The van der Waals surface area contributed by atoms with Gasteiger partial charge in [-0.1, -0.05) is 18.2 Å². The number of likely N-dealkylation sites (tertiary alicyclic amines) is 1. The summed E-state index contributed by atoms with van der Waals surface area (Å²) in [6.07, 6.45) is 1.27. The van der Waals surface area contributed by atoms with Crippen LogP contribution >= 0.6 is 0 Å². The maximum Gasteiger partial charge on any atom is 0.286 e. The van der Waals surface area contributed by atoms with E-state index in [2.05, 4.69) is 9.71 Å². The number of ketones is 1. The van der Waals surface area contributed by atoms with Gasteiger partial charge < -0.3 is 10.2 Å². The molecule has 7 saturated carbocycles. The number of halogens is 1. The number of aryl methyl sites for hydroxylation is 1. The Labute approximate surface area is 219 Å². The van der Waals surface area contributed by atoms with Gasteiger partial charge in [0, 0.05) is 18.5 Å². The highest BCUT2D eigenvalue weighted by molar-refractivity contribution is 7.90. The van der Waals surface area contributed by atoms with E-state index in [0.717, 1.165) is 11.1 Å². The largest absolute Gasteiger partial charge is 0.341 e. The minimum atomic E-state index is -4.08. The van der Waals surface area contributed by atoms with Gasteiger partial charge in [-0.2, -0.15) is 8.42 Å². The number of amidine groups is 1. The highest BCUT2D eigenvalue weighted by Gasteiger charge is 2.86. The van der Waals surface area contributed by atoms with E-state index in [1.165, 1.54) is 18.6 Å². The van der Waals surface area contributed by atoms with Crippen LogP contribution in [0.3, 0.4) is 0 Å². The molecule has 194 valence electrons. The first-order valence-electron chi connectivity index (χ1n) is 13.6. The Balaban J connectivity index is 1.16. The van der Waals surface area contributed by atoms with Crippen LogP contribution in [0.2, 0.25) is 0 Å². The quantitative estimate of drug-likeness (QED) is 0.614. The molecule has 2 heterocycles. The number of Topliss-reactive ketones (excluding diaryl/α,β-unsaturated/α-hetero) is 1. The summed E-state index contributed by atoms with van der Waals surface area (Å²) in [6.45, 7) is 2.07. The summed E-state index contributed by atoms with van der Waals surface area (Å²) in [5.74, 6) is 1.73. The molecular weight excluding hydrogens is 505 g/mol. The molecule has 9 atom stereocenters. The highest BCUT2D eigenvalue weighted by Crippen LogP contribution is 2.87. The number of carbonyl (C=O) groups excluding carboxylic acids is 2. The van der Waals surface area contributed by atoms with E-state index < -0.39 is 21.8 Å². The van der Waals surface area contributed by atoms with Crippen molar-refractivity contribution in [2.45, 2.75) is 30.8 Å². The van der Waals surface area contributed by atoms with Crippen molar-refractivity contribution in [3.8, 4) is 0 Å². The average Bonchev–Trinajstić information content (AvgIpc) is 3.80. The monoisotopic (exact) mass is 531 g/mol. The molecule has 2 aliphatic heterocycles. The summed E-state index contributed by atoms with van der Waals surface area (Å²) in [4.78, 5) is 30.5. The van der Waals surface area contributed by atoms with Gasteiger partial charge in [-0.25, -0.2) is 4.39 Å². The van der Waals surface area contributed by atoms with Crippen molar-refractivity contribution in [2.75, 3.05) is 5.32 Å². The lowest BCUT2D eigenvalue weighted by Gasteiger charge is -2.55. The van der Waals surface area contributed by atoms with Gasteiger partial charge in [0.2, 0.25) is 5.91 Å². The van der Waals surface area contributed by atoms with Gasteiger partial charge in [0.1, 0.15) is 16.5 Å². The molecule has 2 aromatic rings. The van der Waals surface area contributed by atoms with Crippen LogP contribution in [-0.4, -0.2) is 36.9 Å². The number of nitrogens with zero attached hydrogens (tertiary/aromatic N) is 2. The van der Waals surface area contributed by atoms with Crippen molar-refractivity contribution in [1.82, 2.24) is 4.90 Å². The summed E-state index contributed by atoms with van der Waals surface area (Å²) in [5.41, 5.74) is 1.91. The number of anilines is 1. The van der Waals surface area contributed by atoms with Gasteiger partial charge in [-0.3, -0.25) is 9.59 Å². The molecule has 1 amide bonds. The van der Waals surface area contributed by atoms with Crippen LogP contribution in [0.25, 0.3) is 0 Å². The van der Waals surface area contributed by atoms with Crippen molar-refractivity contribution in [3.05, 3.63) is 59.4 Å². The van der Waals surface area contributed by atoms with E-state index in [4.69, 9.17) is 0 Å². The SMILES string of the molecule is Cc1ccc2c(c1)S(=O)(=O)N=C(C1C(=O)C3C4C5C6CC7C4C7C(C65)C3N(Cc3ccc(F)cc3)C1=O)N2. The van der Waals surface area contributed by atoms with Crippen molar-refractivity contribution in [1.29, 1.82) is 0 Å². The lowest BCUT2D eigenvalue weighted by molar-refractivity contribution is -0.163. The average molecular weight is 532 g/mol. The zero-order valence-corrected chi connectivity index (χ0v) is 21.4. The molecule has 7 aliphatic carbocycles. The maximum atomic E-state index is 14.3. The molecule has 0 spiro atoms. The lowest BCUT2D eigenvalue weighted by Crippen LogP contribution is -2.67. The summed E-state index contributed by atoms with van der Waals surface area (Å²) in [6, 6.07) is 11.0. The molecule has 7 nitrogen and oxygen atoms in total. The molecule has 1 saturated heterocycles. The van der Waals surface area contributed by atoms with Crippen LogP contribution in [-0.2, 0) is 26.2 Å². The molecule has 1 N–H and O–H groups in total. The molecule has 2 aromatic carbocycles. The standard InChI is InChI=1S/C29H26FN3O4S/c1-11-2-7-16-17(8-11)38(36,37)32-28(31-16)25-27(34)24-22-18-14-9-15-19(22)21(15)23(20(14)18)26(24)33(29(25)35)10-12-3-5-13(30)6-4-12/h2-8,14-15,18-26H,9-10H2,1H3,(H,31,32). The Morgan fingerprint density at radius 1 is 0.974 bits per heavy atom. The van der Waals surface area contributed by atoms with Crippen molar-refractivity contribution in [2.24, 2.45) is 63.6 Å². The third kappa shape index (κ3) is 2.54. The number of nitrogens with one attached hydrogen (secondary N) is 1. The normalized spacial score (nSPS) is 43.6. The Morgan fingerprint density at radius 2 is 1.66 bits per heavy atom. The zero-order valence-electron chi connectivity index (χ0n) is 20.6. The second-order valence-electron chi connectivity index (χ2n) is 12.5. The van der Waals surface area contributed by atoms with Crippen molar-refractivity contribution >= 4 is 33.2 Å². The number of fused-ring (bicyclic) bond motifs is 1. The second kappa shape index (κ2) is 6.73. The number of benzene rings is 2. The van der Waals surface area contributed by atoms with E-state index in [0.29, 0.717) is 47.1 Å². The molecular formula is C29H26FN3O4S. The minimum absolute atomic E-state index is 0.0523. The van der Waals surface area contributed by atoms with E-state index in [9.17, 15) is 22.4 Å². The zero-order chi connectivity index (χ0) is 25.8. The molecule has 11 rings (SSSR count). The number of piperidine rings is 1. The molecule has 8 bridgehead atoms. The Bertz CT molecular complexity index is 1600. The number of hydrogen-bond acceptors (Lipinski definition) is 5. The predicted octanol–water partition coefficient (Wildman–Crippen LogP) is 3.25. The van der Waals surface area contributed by atoms with Gasteiger partial charge in [0.05, 0.1) is 5.69 Å². The first-order valence-corrected chi connectivity index (χ1v) is 15.0. The smallest absolute Gasteiger partial charge is 0.286 e. The number of sulfonamides is 1. The number of hydrogen-bond donors (Lipinski definition) is 1. The predicted molar refractivity (Wildman–Crippen MR) is 135 cm³/mol. The Morgan fingerprint density at radius 3 is 2.37 bits per heavy atom. The third-order valence-corrected chi connectivity index (χ3v) is 12.4. The van der Waals surface area contributed by atoms with Gasteiger partial charge in [-0.15, -0.1) is 4.40 Å². The van der Waals surface area contributed by atoms with Crippen LogP contribution in [0.1, 0.15) is 17.5 Å². The van der Waals surface area contributed by atoms with E-state index in [-0.39, 0.29) is 46.8 Å². The summed E-state index contributed by atoms with van der Waals surface area (Å²) in [7, 11) is -4.08. The molecule has 9 unspecified atom stereocenters. The van der Waals surface area contributed by atoms with Crippen LogP contribution in [0.4, 0.5) is 10.1 Å². The van der Waals surface area contributed by atoms with Gasteiger partial charge in [0.25, 0.3) is 10.0 Å². The molecule has 8 fully saturated rings. The van der Waals surface area contributed by atoms with Gasteiger partial charge in [-0.05, 0) is 96.1 Å². The fraction of sp³-hybridized carbons (Fsp3) is 0.483. The minimum Gasteiger partial charge on any atom is -0.341 e. The van der Waals surface area contributed by atoms with Crippen LogP contribution in [0, 0.1) is 71.9 Å². The molecule has 0 radical (unpaired) electrons. The highest BCUT2D eigenvalue weighted by atomic mass is 32.2. The number of amides is 1. The topological polar surface area (TPSA) is 95.9 Å². The first kappa shape index (κ1) is 21.8. The maximum absolute atomic E-state index is 14.3. The third-order valence-electron chi connectivity index (χ3n) is 11.0. The second-order valence-corrected chi connectivity index (χ2v) is 14.1. The summed E-state index contributed by atoms with van der Waals surface area (Å²) in [5, 5.41) is 3.06. The molecule has 9 aliphatic rings. The van der Waals surface area contributed by atoms with Gasteiger partial charge >= 0.3 is 0 Å². The molecule has 0 aromatic heterocycles. The Hall–Kier alpha value is -3.07. The van der Waals surface area contributed by atoms with Crippen LogP contribution in [0.5, 0.6) is 0 Å². The number of carbonyl (C=O) groups is 2. The van der Waals surface area contributed by atoms with E-state index >= 15 is 0 Å². The fourth-order valence-corrected chi connectivity index (χ4v) is 11.1. The first-order chi connectivity index (χ1) is 18.2. The Kier molecular flexibility index (Phi) is 3.87. The lowest BCUT2D eigenvalue weighted by atomic mass is 9.57. The fourth-order valence-electron chi connectivity index (χ4n) is 9.90.